The maximum absolute atomic E-state index is 12.8. The van der Waals surface area contributed by atoms with Gasteiger partial charge < -0.3 is 10.6 Å². The van der Waals surface area contributed by atoms with Crippen LogP contribution in [0.3, 0.4) is 0 Å². The van der Waals surface area contributed by atoms with Crippen LogP contribution in [0.25, 0.3) is 11.3 Å². The third-order valence-corrected chi connectivity index (χ3v) is 5.75. The molecule has 0 aliphatic carbocycles. The summed E-state index contributed by atoms with van der Waals surface area (Å²) in [6.07, 6.45) is 0. The zero-order valence-electron chi connectivity index (χ0n) is 18.6. The number of aromatic nitrogens is 3. The van der Waals surface area contributed by atoms with E-state index in [4.69, 9.17) is 0 Å². The first-order chi connectivity index (χ1) is 15.2. The molecule has 0 fully saturated rings. The highest BCUT2D eigenvalue weighted by atomic mass is 32.2. The van der Waals surface area contributed by atoms with Gasteiger partial charge in [-0.15, -0.1) is 10.2 Å². The van der Waals surface area contributed by atoms with E-state index in [2.05, 4.69) is 25.8 Å². The summed E-state index contributed by atoms with van der Waals surface area (Å²) in [5, 5.41) is 13.6. The topological polar surface area (TPSA) is 117 Å². The number of carbonyl (C=O) groups excluding carboxylic acids is 2. The number of H-pyrrole nitrogens is 1. The molecule has 2 aromatic carbocycles. The molecular formula is C23H25N5O3S. The Labute approximate surface area is 190 Å². The average molecular weight is 452 g/mol. The zero-order valence-corrected chi connectivity index (χ0v) is 19.4. The summed E-state index contributed by atoms with van der Waals surface area (Å²) in [5.74, 6) is -0.457. The van der Waals surface area contributed by atoms with Gasteiger partial charge in [0.15, 0.2) is 10.9 Å². The van der Waals surface area contributed by atoms with Crippen LogP contribution < -0.4 is 16.2 Å². The SMILES string of the molecule is CC(=O)Nc1c(C)cc(C)cc1-c1nnc(SC(C)C(=O)Nc2ccccc2C)[nH]c1=O. The lowest BCUT2D eigenvalue weighted by molar-refractivity contribution is -0.115. The Morgan fingerprint density at radius 2 is 1.75 bits per heavy atom. The van der Waals surface area contributed by atoms with Gasteiger partial charge in [0.1, 0.15) is 0 Å². The molecule has 166 valence electrons. The lowest BCUT2D eigenvalue weighted by Crippen LogP contribution is -2.24. The first-order valence-electron chi connectivity index (χ1n) is 10.0. The Morgan fingerprint density at radius 3 is 2.41 bits per heavy atom. The van der Waals surface area contributed by atoms with Crippen LogP contribution >= 0.6 is 11.8 Å². The van der Waals surface area contributed by atoms with Gasteiger partial charge >= 0.3 is 0 Å². The van der Waals surface area contributed by atoms with Crippen LogP contribution in [-0.4, -0.2) is 32.2 Å². The fraction of sp³-hybridized carbons (Fsp3) is 0.261. The van der Waals surface area contributed by atoms with Gasteiger partial charge in [-0.25, -0.2) is 0 Å². The summed E-state index contributed by atoms with van der Waals surface area (Å²) in [6.45, 7) is 8.79. The number of carbonyl (C=O) groups is 2. The van der Waals surface area contributed by atoms with Crippen LogP contribution in [0.2, 0.25) is 0 Å². The largest absolute Gasteiger partial charge is 0.325 e. The molecule has 32 heavy (non-hydrogen) atoms. The van der Waals surface area contributed by atoms with E-state index < -0.39 is 10.8 Å². The van der Waals surface area contributed by atoms with Gasteiger partial charge in [0, 0.05) is 18.2 Å². The minimum atomic E-state index is -0.512. The van der Waals surface area contributed by atoms with E-state index in [1.165, 1.54) is 6.92 Å². The second kappa shape index (κ2) is 9.78. The second-order valence-electron chi connectivity index (χ2n) is 7.56. The number of hydrogen-bond donors (Lipinski definition) is 3. The van der Waals surface area contributed by atoms with Crippen molar-refractivity contribution < 1.29 is 9.59 Å². The number of nitrogens with zero attached hydrogens (tertiary/aromatic N) is 2. The predicted molar refractivity (Wildman–Crippen MR) is 127 cm³/mol. The highest BCUT2D eigenvalue weighted by Gasteiger charge is 2.19. The Bertz CT molecular complexity index is 1240. The summed E-state index contributed by atoms with van der Waals surface area (Å²) < 4.78 is 0. The van der Waals surface area contributed by atoms with Crippen molar-refractivity contribution in [3.8, 4) is 11.3 Å². The molecule has 0 saturated carbocycles. The Hall–Kier alpha value is -3.46. The highest BCUT2D eigenvalue weighted by molar-refractivity contribution is 8.00. The van der Waals surface area contributed by atoms with Gasteiger partial charge in [-0.3, -0.25) is 19.4 Å². The van der Waals surface area contributed by atoms with Crippen LogP contribution in [0.5, 0.6) is 0 Å². The second-order valence-corrected chi connectivity index (χ2v) is 8.89. The smallest absolute Gasteiger partial charge is 0.278 e. The van der Waals surface area contributed by atoms with Gasteiger partial charge in [-0.1, -0.05) is 41.6 Å². The number of amides is 2. The number of benzene rings is 2. The number of thioether (sulfide) groups is 1. The molecule has 0 bridgehead atoms. The number of para-hydroxylation sites is 1. The fourth-order valence-corrected chi connectivity index (χ4v) is 3.96. The number of nitrogens with one attached hydrogen (secondary N) is 3. The third-order valence-electron chi connectivity index (χ3n) is 4.77. The minimum Gasteiger partial charge on any atom is -0.325 e. The van der Waals surface area contributed by atoms with Crippen molar-refractivity contribution >= 4 is 35.0 Å². The van der Waals surface area contributed by atoms with E-state index in [0.29, 0.717) is 11.3 Å². The van der Waals surface area contributed by atoms with Crippen molar-refractivity contribution in [2.45, 2.75) is 45.0 Å². The van der Waals surface area contributed by atoms with E-state index in [-0.39, 0.29) is 22.7 Å². The fourth-order valence-electron chi connectivity index (χ4n) is 3.22. The molecule has 0 saturated heterocycles. The minimum absolute atomic E-state index is 0.0990. The molecule has 2 amide bonds. The van der Waals surface area contributed by atoms with Crippen molar-refractivity contribution in [2.24, 2.45) is 0 Å². The molecule has 3 rings (SSSR count). The van der Waals surface area contributed by atoms with E-state index in [9.17, 15) is 14.4 Å². The number of anilines is 2. The van der Waals surface area contributed by atoms with Gasteiger partial charge in [0.05, 0.1) is 10.9 Å². The molecule has 1 atom stereocenters. The average Bonchev–Trinajstić information content (AvgIpc) is 2.71. The molecule has 0 aliphatic heterocycles. The van der Waals surface area contributed by atoms with Crippen LogP contribution in [0, 0.1) is 20.8 Å². The zero-order chi connectivity index (χ0) is 23.4. The van der Waals surface area contributed by atoms with Crippen molar-refractivity contribution in [1.82, 2.24) is 15.2 Å². The highest BCUT2D eigenvalue weighted by Crippen LogP contribution is 2.30. The molecule has 3 N–H and O–H groups in total. The first kappa shape index (κ1) is 23.2. The molecular weight excluding hydrogens is 426 g/mol. The van der Waals surface area contributed by atoms with E-state index in [1.807, 2.05) is 51.1 Å². The number of aryl methyl sites for hydroxylation is 3. The molecule has 1 unspecified atom stereocenters. The van der Waals surface area contributed by atoms with E-state index >= 15 is 0 Å². The Kier molecular flexibility index (Phi) is 7.09. The van der Waals surface area contributed by atoms with Gasteiger partial charge in [0.25, 0.3) is 5.56 Å². The van der Waals surface area contributed by atoms with Crippen molar-refractivity contribution in [3.05, 3.63) is 63.4 Å². The van der Waals surface area contributed by atoms with Crippen LogP contribution in [0.1, 0.15) is 30.5 Å². The maximum atomic E-state index is 12.8. The van der Waals surface area contributed by atoms with E-state index in [1.54, 1.807) is 13.0 Å². The molecule has 0 radical (unpaired) electrons. The lowest BCUT2D eigenvalue weighted by atomic mass is 10.0. The molecule has 1 aromatic heterocycles. The van der Waals surface area contributed by atoms with Crippen LogP contribution in [0.4, 0.5) is 11.4 Å². The summed E-state index contributed by atoms with van der Waals surface area (Å²) in [7, 11) is 0. The van der Waals surface area contributed by atoms with Crippen LogP contribution in [-0.2, 0) is 9.59 Å². The van der Waals surface area contributed by atoms with E-state index in [0.717, 1.165) is 34.1 Å². The van der Waals surface area contributed by atoms with Gasteiger partial charge in [0.2, 0.25) is 11.8 Å². The summed E-state index contributed by atoms with van der Waals surface area (Å²) >= 11 is 1.11. The molecule has 1 heterocycles. The van der Waals surface area contributed by atoms with Gasteiger partial charge in [-0.05, 0) is 51.0 Å². The Balaban J connectivity index is 1.83. The predicted octanol–water partition coefficient (Wildman–Crippen LogP) is 3.83. The summed E-state index contributed by atoms with van der Waals surface area (Å²) in [4.78, 5) is 39.7. The first-order valence-corrected chi connectivity index (χ1v) is 10.9. The number of hydrogen-bond acceptors (Lipinski definition) is 6. The van der Waals surface area contributed by atoms with Crippen molar-refractivity contribution in [2.75, 3.05) is 10.6 Å². The monoisotopic (exact) mass is 451 g/mol. The lowest BCUT2D eigenvalue weighted by Gasteiger charge is -2.14. The maximum Gasteiger partial charge on any atom is 0.278 e. The molecule has 0 aliphatic rings. The van der Waals surface area contributed by atoms with Crippen molar-refractivity contribution in [1.29, 1.82) is 0 Å². The van der Waals surface area contributed by atoms with Crippen LogP contribution in [0.15, 0.2) is 46.3 Å². The molecule has 8 nitrogen and oxygen atoms in total. The number of rotatable bonds is 6. The quantitative estimate of drug-likeness (QED) is 0.490. The third kappa shape index (κ3) is 5.42. The Morgan fingerprint density at radius 1 is 1.03 bits per heavy atom. The normalized spacial score (nSPS) is 11.7. The number of aromatic amines is 1. The summed E-state index contributed by atoms with van der Waals surface area (Å²) in [6, 6.07) is 11.2. The molecule has 3 aromatic rings. The molecule has 0 spiro atoms. The standard InChI is InChI=1S/C23H25N5O3S/c1-12-10-14(3)19(24-16(5)29)17(11-12)20-22(31)26-23(28-27-20)32-15(4)21(30)25-18-9-7-6-8-13(18)2/h6-11,15H,1-5H3,(H,24,29)(H,25,30)(H,26,28,31). The molecule has 9 heteroatoms. The van der Waals surface area contributed by atoms with Gasteiger partial charge in [-0.2, -0.15) is 0 Å². The summed E-state index contributed by atoms with van der Waals surface area (Å²) in [5.41, 5.74) is 4.10. The van der Waals surface area contributed by atoms with Crippen molar-refractivity contribution in [3.63, 3.8) is 0 Å².